The van der Waals surface area contributed by atoms with Crippen LogP contribution in [0.15, 0.2) is 77.8 Å². The fraction of sp³-hybridized carbons (Fsp3) is 0.290. The van der Waals surface area contributed by atoms with Crippen molar-refractivity contribution < 1.29 is 32.2 Å². The van der Waals surface area contributed by atoms with Crippen LogP contribution in [0.1, 0.15) is 17.0 Å². The molecule has 4 rings (SSSR count). The number of rotatable bonds is 13. The number of pyridine rings is 1. The first-order valence-electron chi connectivity index (χ1n) is 13.6. The molecule has 0 saturated heterocycles. The van der Waals surface area contributed by atoms with E-state index in [4.69, 9.17) is 9.47 Å². The van der Waals surface area contributed by atoms with Crippen LogP contribution in [0.4, 0.5) is 18.9 Å². The molecule has 0 bridgehead atoms. The van der Waals surface area contributed by atoms with Gasteiger partial charge < -0.3 is 19.7 Å². The van der Waals surface area contributed by atoms with Crippen molar-refractivity contribution in [2.24, 2.45) is 0 Å². The van der Waals surface area contributed by atoms with Crippen molar-refractivity contribution in [1.29, 1.82) is 0 Å². The van der Waals surface area contributed by atoms with Crippen LogP contribution in [0.3, 0.4) is 0 Å². The number of benzene rings is 2. The summed E-state index contributed by atoms with van der Waals surface area (Å²) in [5.74, 6) is -3.27. The minimum atomic E-state index is -5.36. The number of thiazole rings is 1. The van der Waals surface area contributed by atoms with Crippen LogP contribution in [0, 0.1) is 6.92 Å². The van der Waals surface area contributed by atoms with Crippen LogP contribution in [-0.4, -0.2) is 65.9 Å². The highest BCUT2D eigenvalue weighted by Crippen LogP contribution is 2.33. The first-order valence-corrected chi connectivity index (χ1v) is 14.5. The first-order chi connectivity index (χ1) is 20.9. The van der Waals surface area contributed by atoms with Gasteiger partial charge in [0, 0.05) is 36.8 Å². The minimum absolute atomic E-state index is 0.155. The lowest BCUT2D eigenvalue weighted by molar-refractivity contribution is -0.216. The van der Waals surface area contributed by atoms with Crippen molar-refractivity contribution in [2.75, 3.05) is 32.6 Å². The Bertz CT molecular complexity index is 1550. The molecule has 44 heavy (non-hydrogen) atoms. The molecular formula is C31H32F3N5O4S. The van der Waals surface area contributed by atoms with Crippen molar-refractivity contribution in [3.63, 3.8) is 0 Å². The smallest absolute Gasteiger partial charge is 0.490 e. The van der Waals surface area contributed by atoms with Gasteiger partial charge in [-0.25, -0.2) is 9.78 Å². The number of aryl methyl sites for hydroxylation is 1. The van der Waals surface area contributed by atoms with Crippen molar-refractivity contribution in [3.8, 4) is 16.9 Å². The van der Waals surface area contributed by atoms with Gasteiger partial charge >= 0.3 is 12.1 Å². The largest absolute Gasteiger partial charge is 0.491 e. The second-order valence-electron chi connectivity index (χ2n) is 10.2. The SMILES string of the molecule is Cc1cc(-c2ccc(OCCN(C)C)c(NC(=O)[C@@](Cc3ccccc3)(NCc3cscn3)OC(=O)C(F)(F)F)c2)ccn1. The Kier molecular flexibility index (Phi) is 10.7. The van der Waals surface area contributed by atoms with Crippen molar-refractivity contribution in [2.45, 2.75) is 31.8 Å². The topological polar surface area (TPSA) is 106 Å². The van der Waals surface area contributed by atoms with Gasteiger partial charge in [-0.05, 0) is 62.0 Å². The lowest BCUT2D eigenvalue weighted by atomic mass is 10.00. The van der Waals surface area contributed by atoms with Gasteiger partial charge in [0.25, 0.3) is 5.91 Å². The third-order valence-electron chi connectivity index (χ3n) is 6.45. The summed E-state index contributed by atoms with van der Waals surface area (Å²) in [6.07, 6.45) is -4.12. The summed E-state index contributed by atoms with van der Waals surface area (Å²) in [5.41, 5.74) is 2.40. The van der Waals surface area contributed by atoms with E-state index in [1.807, 2.05) is 32.0 Å². The molecule has 0 aliphatic rings. The summed E-state index contributed by atoms with van der Waals surface area (Å²) >= 11 is 1.27. The molecule has 2 N–H and O–H groups in total. The number of halogens is 3. The van der Waals surface area contributed by atoms with E-state index >= 15 is 0 Å². The number of anilines is 1. The molecule has 0 fully saturated rings. The number of likely N-dealkylation sites (N-methyl/N-ethyl adjacent to an activating group) is 1. The van der Waals surface area contributed by atoms with Crippen LogP contribution in [-0.2, 0) is 27.3 Å². The Morgan fingerprint density at radius 1 is 1.00 bits per heavy atom. The maximum atomic E-state index is 14.2. The number of ether oxygens (including phenoxy) is 2. The van der Waals surface area contributed by atoms with Crippen LogP contribution in [0.5, 0.6) is 5.75 Å². The Morgan fingerprint density at radius 3 is 2.41 bits per heavy atom. The molecule has 0 spiro atoms. The highest BCUT2D eigenvalue weighted by molar-refractivity contribution is 7.07. The summed E-state index contributed by atoms with van der Waals surface area (Å²) in [6.45, 7) is 2.52. The lowest BCUT2D eigenvalue weighted by Crippen LogP contribution is -2.60. The van der Waals surface area contributed by atoms with Gasteiger partial charge in [-0.3, -0.25) is 15.1 Å². The van der Waals surface area contributed by atoms with Crippen molar-refractivity contribution in [3.05, 3.63) is 94.7 Å². The molecule has 2 aromatic heterocycles. The van der Waals surface area contributed by atoms with Crippen LogP contribution >= 0.6 is 11.3 Å². The number of nitrogens with zero attached hydrogens (tertiary/aromatic N) is 3. The summed E-state index contributed by atoms with van der Waals surface area (Å²) in [5, 5.41) is 7.14. The maximum Gasteiger partial charge on any atom is 0.491 e. The second-order valence-corrected chi connectivity index (χ2v) is 10.9. The normalized spacial score (nSPS) is 12.9. The Balaban J connectivity index is 1.77. The van der Waals surface area contributed by atoms with Gasteiger partial charge in [0.2, 0.25) is 5.72 Å². The van der Waals surface area contributed by atoms with Crippen LogP contribution < -0.4 is 15.4 Å². The number of carbonyl (C=O) groups excluding carboxylic acids is 2. The second kappa shape index (κ2) is 14.4. The average Bonchev–Trinajstić information content (AvgIpc) is 3.50. The molecule has 0 unspecified atom stereocenters. The zero-order valence-electron chi connectivity index (χ0n) is 24.4. The van der Waals surface area contributed by atoms with Gasteiger partial charge in [0.15, 0.2) is 0 Å². The standard InChI is InChI=1S/C31H32F3N5O4S/c1-21-15-24(11-12-35-21)23-9-10-27(42-14-13-39(2)3)26(16-23)38-28(40)30(43-29(41)31(32,33)34,17-22-7-5-4-6-8-22)37-18-25-19-44-20-36-25/h4-12,15-16,19-20,37H,13-14,17-18H2,1-3H3,(H,38,40)/t30-/m0/s1. The van der Waals surface area contributed by atoms with Crippen molar-refractivity contribution in [1.82, 2.24) is 20.2 Å². The van der Waals surface area contributed by atoms with Crippen LogP contribution in [0.2, 0.25) is 0 Å². The van der Waals surface area contributed by atoms with E-state index in [-0.39, 0.29) is 24.6 Å². The van der Waals surface area contributed by atoms with E-state index < -0.39 is 30.2 Å². The van der Waals surface area contributed by atoms with Gasteiger partial charge in [-0.2, -0.15) is 13.2 Å². The number of esters is 1. The Labute approximate surface area is 257 Å². The third-order valence-corrected chi connectivity index (χ3v) is 7.09. The fourth-order valence-corrected chi connectivity index (χ4v) is 4.78. The van der Waals surface area contributed by atoms with E-state index in [1.54, 1.807) is 71.7 Å². The van der Waals surface area contributed by atoms with Gasteiger partial charge in [-0.1, -0.05) is 36.4 Å². The number of amides is 1. The van der Waals surface area contributed by atoms with Gasteiger partial charge in [-0.15, -0.1) is 11.3 Å². The monoisotopic (exact) mass is 627 g/mol. The van der Waals surface area contributed by atoms with E-state index in [0.717, 1.165) is 11.3 Å². The molecule has 13 heteroatoms. The Morgan fingerprint density at radius 2 is 1.75 bits per heavy atom. The molecule has 232 valence electrons. The third kappa shape index (κ3) is 8.85. The van der Waals surface area contributed by atoms with Crippen LogP contribution in [0.25, 0.3) is 11.1 Å². The number of alkyl halides is 3. The summed E-state index contributed by atoms with van der Waals surface area (Å²) in [6, 6.07) is 17.1. The zero-order valence-corrected chi connectivity index (χ0v) is 25.2. The molecule has 1 atom stereocenters. The highest BCUT2D eigenvalue weighted by Gasteiger charge is 2.50. The molecule has 0 aliphatic carbocycles. The molecule has 1 amide bonds. The van der Waals surface area contributed by atoms with Gasteiger partial charge in [0.1, 0.15) is 12.4 Å². The molecule has 0 radical (unpaired) electrons. The average molecular weight is 628 g/mol. The number of nitrogens with one attached hydrogen (secondary N) is 2. The summed E-state index contributed by atoms with van der Waals surface area (Å²) < 4.78 is 51.8. The van der Waals surface area contributed by atoms with E-state index in [1.165, 1.54) is 11.3 Å². The zero-order chi connectivity index (χ0) is 31.7. The molecule has 0 saturated carbocycles. The molecular weight excluding hydrogens is 595 g/mol. The number of hydrogen-bond donors (Lipinski definition) is 2. The Hall–Kier alpha value is -4.33. The van der Waals surface area contributed by atoms with E-state index in [0.29, 0.717) is 23.4 Å². The molecule has 9 nitrogen and oxygen atoms in total. The summed E-state index contributed by atoms with van der Waals surface area (Å²) in [4.78, 5) is 36.8. The van der Waals surface area contributed by atoms with E-state index in [2.05, 4.69) is 20.6 Å². The predicted molar refractivity (Wildman–Crippen MR) is 161 cm³/mol. The predicted octanol–water partition coefficient (Wildman–Crippen LogP) is 5.23. The van der Waals surface area contributed by atoms with Gasteiger partial charge in [0.05, 0.1) is 16.9 Å². The number of aromatic nitrogens is 2. The fourth-order valence-electron chi connectivity index (χ4n) is 4.22. The minimum Gasteiger partial charge on any atom is -0.490 e. The van der Waals surface area contributed by atoms with Crippen molar-refractivity contribution >= 4 is 28.9 Å². The first kappa shape index (κ1) is 32.6. The molecule has 2 aromatic carbocycles. The quantitative estimate of drug-likeness (QED) is 0.154. The highest BCUT2D eigenvalue weighted by atomic mass is 32.1. The lowest BCUT2D eigenvalue weighted by Gasteiger charge is -2.33. The number of carbonyl (C=O) groups is 2. The maximum absolute atomic E-state index is 14.2. The molecule has 4 aromatic rings. The summed E-state index contributed by atoms with van der Waals surface area (Å²) in [7, 11) is 3.75. The molecule has 0 aliphatic heterocycles. The van der Waals surface area contributed by atoms with E-state index in [9.17, 15) is 22.8 Å². The number of hydrogen-bond acceptors (Lipinski definition) is 9. The molecule has 2 heterocycles.